The molecule has 3 N–H and O–H groups in total. The average molecular weight is 602 g/mol. The van der Waals surface area contributed by atoms with Gasteiger partial charge in [-0.25, -0.2) is 0 Å². The third-order valence-corrected chi connectivity index (χ3v) is 6.84. The van der Waals surface area contributed by atoms with Crippen LogP contribution in [0.5, 0.6) is 11.5 Å². The highest BCUT2D eigenvalue weighted by atomic mass is 19.4. The number of ether oxygens (including phenoxy) is 2. The Morgan fingerprint density at radius 3 is 2.33 bits per heavy atom. The minimum absolute atomic E-state index is 0.00935. The van der Waals surface area contributed by atoms with E-state index in [1.807, 2.05) is 0 Å². The van der Waals surface area contributed by atoms with E-state index in [2.05, 4.69) is 5.32 Å². The lowest BCUT2D eigenvalue weighted by molar-refractivity contribution is -0.149. The third-order valence-electron chi connectivity index (χ3n) is 6.84. The number of alkyl halides is 6. The number of benzene rings is 2. The van der Waals surface area contributed by atoms with Gasteiger partial charge in [-0.3, -0.25) is 14.4 Å². The Labute approximate surface area is 234 Å². The van der Waals surface area contributed by atoms with Crippen LogP contribution in [0.3, 0.4) is 0 Å². The van der Waals surface area contributed by atoms with Gasteiger partial charge in [0.05, 0.1) is 31.2 Å². The molecule has 1 aliphatic carbocycles. The number of aliphatic hydroxyl groups is 2. The Morgan fingerprint density at radius 1 is 1.12 bits per heavy atom. The van der Waals surface area contributed by atoms with Crippen LogP contribution in [-0.2, 0) is 11.0 Å². The van der Waals surface area contributed by atoms with Gasteiger partial charge < -0.3 is 29.9 Å². The number of aldehydes is 1. The second kappa shape index (κ2) is 11.6. The summed E-state index contributed by atoms with van der Waals surface area (Å²) >= 11 is 0. The van der Waals surface area contributed by atoms with Crippen molar-refractivity contribution < 1.29 is 60.4 Å². The van der Waals surface area contributed by atoms with Crippen LogP contribution in [0.15, 0.2) is 48.0 Å². The summed E-state index contributed by atoms with van der Waals surface area (Å²) in [7, 11) is 1.26. The largest absolute Gasteiger partial charge is 0.493 e. The van der Waals surface area contributed by atoms with E-state index in [1.165, 1.54) is 19.2 Å². The number of rotatable bonds is 8. The van der Waals surface area contributed by atoms with E-state index in [0.29, 0.717) is 30.6 Å². The molecule has 2 aromatic rings. The van der Waals surface area contributed by atoms with E-state index < -0.39 is 72.6 Å². The molecule has 0 bridgehead atoms. The van der Waals surface area contributed by atoms with Crippen molar-refractivity contribution in [3.05, 3.63) is 70.3 Å². The van der Waals surface area contributed by atoms with Crippen molar-refractivity contribution in [1.82, 2.24) is 10.2 Å². The molecule has 0 unspecified atom stereocenters. The number of nitrogens with zero attached hydrogens (tertiary/aromatic N) is 1. The van der Waals surface area contributed by atoms with Crippen LogP contribution in [0, 0.1) is 0 Å². The normalized spacial score (nSPS) is 21.4. The first-order chi connectivity index (χ1) is 19.7. The van der Waals surface area contributed by atoms with Crippen LogP contribution in [0.2, 0.25) is 0 Å². The number of hydrogen-bond donors (Lipinski definition) is 3. The second-order valence-electron chi connectivity index (χ2n) is 9.53. The molecule has 0 radical (unpaired) electrons. The third kappa shape index (κ3) is 6.06. The molecule has 2 aromatic carbocycles. The molecule has 2 amide bonds. The van der Waals surface area contributed by atoms with Crippen molar-refractivity contribution in [3.8, 4) is 11.5 Å². The fourth-order valence-corrected chi connectivity index (χ4v) is 5.03. The SMILES string of the molecule is COc1cc(C=O)cc2c1O[C@@H]1[C@@H](O)[C@H](N(CC(F)(F)F)C(=O)c3ccc(C(F)(F)F)cc3)C=C(C(=O)NCCO)[C@H]21. The summed E-state index contributed by atoms with van der Waals surface area (Å²) in [5.41, 5.74) is -1.59. The number of aliphatic hydroxyl groups excluding tert-OH is 2. The Balaban J connectivity index is 1.83. The molecule has 1 aliphatic heterocycles. The van der Waals surface area contributed by atoms with Gasteiger partial charge in [0.15, 0.2) is 11.5 Å². The fraction of sp³-hybridized carbons (Fsp3) is 0.370. The minimum Gasteiger partial charge on any atom is -0.493 e. The van der Waals surface area contributed by atoms with E-state index in [4.69, 9.17) is 9.47 Å². The second-order valence-corrected chi connectivity index (χ2v) is 9.53. The zero-order valence-corrected chi connectivity index (χ0v) is 21.7. The minimum atomic E-state index is -5.02. The lowest BCUT2D eigenvalue weighted by Gasteiger charge is -2.40. The predicted molar refractivity (Wildman–Crippen MR) is 132 cm³/mol. The van der Waals surface area contributed by atoms with Gasteiger partial charge in [0.1, 0.15) is 25.0 Å². The van der Waals surface area contributed by atoms with Crippen LogP contribution in [0.25, 0.3) is 0 Å². The van der Waals surface area contributed by atoms with Gasteiger partial charge in [-0.05, 0) is 42.5 Å². The molecular weight excluding hydrogens is 578 g/mol. The van der Waals surface area contributed by atoms with Crippen LogP contribution in [0.1, 0.15) is 37.8 Å². The monoisotopic (exact) mass is 602 g/mol. The van der Waals surface area contributed by atoms with Gasteiger partial charge in [-0.15, -0.1) is 0 Å². The van der Waals surface area contributed by atoms with Gasteiger partial charge in [-0.2, -0.15) is 26.3 Å². The Morgan fingerprint density at radius 2 is 1.79 bits per heavy atom. The standard InChI is InChI=1S/C27H24F6N2O7/c1-41-19-9-13(11-37)8-16-20-17(24(39)34-6-7-36)10-18(21(38)23(20)42-22(16)19)35(12-26(28,29)30)25(40)14-2-4-15(5-3-14)27(31,32)33/h2-5,8-11,18,20-21,23,36,38H,6-7,12H2,1H3,(H,34,39)/t18-,20+,21+,23+/m1/s1. The molecule has 4 rings (SSSR count). The fourth-order valence-electron chi connectivity index (χ4n) is 5.03. The number of halogens is 6. The highest BCUT2D eigenvalue weighted by Gasteiger charge is 2.52. The van der Waals surface area contributed by atoms with Gasteiger partial charge >= 0.3 is 12.4 Å². The summed E-state index contributed by atoms with van der Waals surface area (Å²) < 4.78 is 91.4. The Bertz CT molecular complexity index is 1390. The number of carbonyl (C=O) groups is 3. The average Bonchev–Trinajstić information content (AvgIpc) is 3.33. The van der Waals surface area contributed by atoms with Crippen molar-refractivity contribution >= 4 is 18.1 Å². The first-order valence-electron chi connectivity index (χ1n) is 12.4. The van der Waals surface area contributed by atoms with Crippen LogP contribution in [-0.4, -0.2) is 84.4 Å². The number of amides is 2. The Kier molecular flexibility index (Phi) is 8.55. The number of fused-ring (bicyclic) bond motifs is 3. The van der Waals surface area contributed by atoms with E-state index >= 15 is 0 Å². The molecule has 15 heteroatoms. The van der Waals surface area contributed by atoms with Crippen molar-refractivity contribution in [1.29, 1.82) is 0 Å². The molecule has 0 saturated carbocycles. The van der Waals surface area contributed by atoms with Crippen LogP contribution < -0.4 is 14.8 Å². The van der Waals surface area contributed by atoms with Crippen molar-refractivity contribution in [2.45, 2.75) is 36.5 Å². The maximum Gasteiger partial charge on any atom is 0.416 e. The molecule has 0 saturated heterocycles. The summed E-state index contributed by atoms with van der Waals surface area (Å²) in [4.78, 5) is 38.3. The van der Waals surface area contributed by atoms with Crippen LogP contribution >= 0.6 is 0 Å². The summed E-state index contributed by atoms with van der Waals surface area (Å²) in [5.74, 6) is -3.32. The molecule has 9 nitrogen and oxygen atoms in total. The van der Waals surface area contributed by atoms with E-state index in [-0.39, 0.29) is 39.6 Å². The molecule has 0 fully saturated rings. The summed E-state index contributed by atoms with van der Waals surface area (Å²) in [6, 6.07) is 3.30. The van der Waals surface area contributed by atoms with Gasteiger partial charge in [0.2, 0.25) is 5.91 Å². The quantitative estimate of drug-likeness (QED) is 0.314. The molecule has 4 atom stereocenters. The van der Waals surface area contributed by atoms with Crippen molar-refractivity contribution in [2.24, 2.45) is 0 Å². The molecule has 0 spiro atoms. The van der Waals surface area contributed by atoms with E-state index in [1.54, 1.807) is 0 Å². The van der Waals surface area contributed by atoms with Crippen molar-refractivity contribution in [2.75, 3.05) is 26.8 Å². The number of hydrogen-bond acceptors (Lipinski definition) is 7. The smallest absolute Gasteiger partial charge is 0.416 e. The lowest BCUT2D eigenvalue weighted by atomic mass is 9.77. The zero-order valence-electron chi connectivity index (χ0n) is 21.7. The molecule has 226 valence electrons. The highest BCUT2D eigenvalue weighted by molar-refractivity contribution is 5.98. The number of carbonyl (C=O) groups excluding carboxylic acids is 3. The predicted octanol–water partition coefficient (Wildman–Crippen LogP) is 2.85. The molecule has 2 aliphatic rings. The number of nitrogens with one attached hydrogen (secondary N) is 1. The van der Waals surface area contributed by atoms with Crippen molar-refractivity contribution in [3.63, 3.8) is 0 Å². The summed E-state index contributed by atoms with van der Waals surface area (Å²) in [5, 5.41) is 22.9. The maximum atomic E-state index is 13.7. The van der Waals surface area contributed by atoms with Crippen LogP contribution in [0.4, 0.5) is 26.3 Å². The van der Waals surface area contributed by atoms with E-state index in [0.717, 1.165) is 6.08 Å². The summed E-state index contributed by atoms with van der Waals surface area (Å²) in [6.45, 7) is -2.66. The summed E-state index contributed by atoms with van der Waals surface area (Å²) in [6.07, 6.45) is -11.7. The van der Waals surface area contributed by atoms with Gasteiger partial charge in [0, 0.05) is 28.8 Å². The lowest BCUT2D eigenvalue weighted by Crippen LogP contribution is -2.57. The van der Waals surface area contributed by atoms with Gasteiger partial charge in [-0.1, -0.05) is 0 Å². The maximum absolute atomic E-state index is 13.7. The molecular formula is C27H24F6N2O7. The zero-order chi connectivity index (χ0) is 31.0. The molecule has 0 aromatic heterocycles. The van der Waals surface area contributed by atoms with Gasteiger partial charge in [0.25, 0.3) is 5.91 Å². The first kappa shape index (κ1) is 30.8. The first-order valence-corrected chi connectivity index (χ1v) is 12.4. The highest BCUT2D eigenvalue weighted by Crippen LogP contribution is 2.51. The molecule has 42 heavy (non-hydrogen) atoms. The topological polar surface area (TPSA) is 125 Å². The van der Waals surface area contributed by atoms with E-state index in [9.17, 15) is 50.9 Å². The molecule has 1 heterocycles. The number of methoxy groups -OCH3 is 1. The Hall–Kier alpha value is -4.11.